The van der Waals surface area contributed by atoms with Gasteiger partial charge in [-0.15, -0.1) is 11.8 Å². The molecule has 0 atom stereocenters. The van der Waals surface area contributed by atoms with E-state index in [0.717, 1.165) is 16.1 Å². The molecule has 0 aromatic heterocycles. The highest BCUT2D eigenvalue weighted by molar-refractivity contribution is 8.00. The van der Waals surface area contributed by atoms with Crippen LogP contribution in [0.2, 0.25) is 10.0 Å². The topological polar surface area (TPSA) is 52.7 Å². The highest BCUT2D eigenvalue weighted by atomic mass is 35.5. The molecule has 1 saturated heterocycles. The maximum absolute atomic E-state index is 12.5. The van der Waals surface area contributed by atoms with Crippen LogP contribution in [-0.2, 0) is 9.59 Å². The van der Waals surface area contributed by atoms with Crippen LogP contribution in [-0.4, -0.2) is 48.6 Å². The van der Waals surface area contributed by atoms with Crippen molar-refractivity contribution in [2.75, 3.05) is 42.1 Å². The number of rotatable bonds is 7. The summed E-state index contributed by atoms with van der Waals surface area (Å²) in [4.78, 5) is 29.9. The van der Waals surface area contributed by atoms with Crippen molar-refractivity contribution in [3.8, 4) is 0 Å². The van der Waals surface area contributed by atoms with Crippen LogP contribution in [0.3, 0.4) is 0 Å². The fourth-order valence-corrected chi connectivity index (χ4v) is 4.85. The second-order valence-electron chi connectivity index (χ2n) is 8.01. The lowest BCUT2D eigenvalue weighted by Crippen LogP contribution is -2.48. The van der Waals surface area contributed by atoms with Crippen molar-refractivity contribution in [1.29, 1.82) is 0 Å². The van der Waals surface area contributed by atoms with Gasteiger partial charge >= 0.3 is 0 Å². The summed E-state index contributed by atoms with van der Waals surface area (Å²) in [7, 11) is 0. The van der Waals surface area contributed by atoms with Gasteiger partial charge in [0.1, 0.15) is 0 Å². The maximum Gasteiger partial charge on any atom is 0.246 e. The fourth-order valence-electron chi connectivity index (χ4n) is 3.72. The number of nitrogens with zero attached hydrogens (tertiary/aromatic N) is 2. The second kappa shape index (κ2) is 12.2. The normalized spacial score (nSPS) is 13.8. The van der Waals surface area contributed by atoms with Gasteiger partial charge in [-0.05, 0) is 54.1 Å². The molecule has 1 aliphatic heterocycles. The minimum Gasteiger partial charge on any atom is -0.367 e. The molecule has 8 heteroatoms. The summed E-state index contributed by atoms with van der Waals surface area (Å²) in [5, 5.41) is 4.13. The van der Waals surface area contributed by atoms with Gasteiger partial charge < -0.3 is 15.1 Å². The molecule has 3 aromatic carbocycles. The van der Waals surface area contributed by atoms with Crippen molar-refractivity contribution in [3.63, 3.8) is 0 Å². The third-order valence-electron chi connectivity index (χ3n) is 5.56. The first kappa shape index (κ1) is 25.2. The SMILES string of the molecule is O=C(CSc1ccc(Cl)cc1)Nc1ccc(N2CCN(C(=O)C=Cc3ccccc3)CC2)c(Cl)c1. The lowest BCUT2D eigenvalue weighted by atomic mass is 10.2. The van der Waals surface area contributed by atoms with E-state index in [0.29, 0.717) is 41.9 Å². The second-order valence-corrected chi connectivity index (χ2v) is 9.91. The number of hydrogen-bond acceptors (Lipinski definition) is 4. The zero-order chi connectivity index (χ0) is 24.6. The van der Waals surface area contributed by atoms with E-state index in [4.69, 9.17) is 23.2 Å². The molecule has 35 heavy (non-hydrogen) atoms. The van der Waals surface area contributed by atoms with Crippen molar-refractivity contribution in [2.45, 2.75) is 4.90 Å². The van der Waals surface area contributed by atoms with Crippen molar-refractivity contribution in [3.05, 3.63) is 94.5 Å². The van der Waals surface area contributed by atoms with Crippen LogP contribution < -0.4 is 10.2 Å². The van der Waals surface area contributed by atoms with Gasteiger partial charge in [0.25, 0.3) is 0 Å². The third kappa shape index (κ3) is 7.28. The molecule has 1 aliphatic rings. The first-order chi connectivity index (χ1) is 17.0. The number of thioether (sulfide) groups is 1. The number of carbonyl (C=O) groups is 2. The molecule has 1 fully saturated rings. The number of halogens is 2. The number of hydrogen-bond donors (Lipinski definition) is 1. The predicted octanol–water partition coefficient (Wildman–Crippen LogP) is 6.09. The Kier molecular flexibility index (Phi) is 8.74. The molecule has 0 bridgehead atoms. The minimum absolute atomic E-state index is 0.00845. The van der Waals surface area contributed by atoms with Crippen LogP contribution in [0.25, 0.3) is 6.08 Å². The quantitative estimate of drug-likeness (QED) is 0.299. The summed E-state index contributed by atoms with van der Waals surface area (Å²) in [6, 6.07) is 22.7. The molecule has 0 aliphatic carbocycles. The van der Waals surface area contributed by atoms with Gasteiger partial charge in [0.05, 0.1) is 16.5 Å². The van der Waals surface area contributed by atoms with Crippen molar-refractivity contribution in [1.82, 2.24) is 4.90 Å². The van der Waals surface area contributed by atoms with E-state index in [-0.39, 0.29) is 17.6 Å². The van der Waals surface area contributed by atoms with Gasteiger partial charge in [0, 0.05) is 47.9 Å². The van der Waals surface area contributed by atoms with E-state index in [1.54, 1.807) is 24.3 Å². The monoisotopic (exact) mass is 525 g/mol. The van der Waals surface area contributed by atoms with Gasteiger partial charge in [-0.2, -0.15) is 0 Å². The maximum atomic E-state index is 12.5. The highest BCUT2D eigenvalue weighted by Gasteiger charge is 2.21. The zero-order valence-corrected chi connectivity index (χ0v) is 21.3. The largest absolute Gasteiger partial charge is 0.367 e. The molecule has 0 unspecified atom stereocenters. The summed E-state index contributed by atoms with van der Waals surface area (Å²) in [5.74, 6) is 0.189. The number of anilines is 2. The minimum atomic E-state index is -0.107. The Morgan fingerprint density at radius 2 is 1.63 bits per heavy atom. The zero-order valence-electron chi connectivity index (χ0n) is 19.0. The molecular weight excluding hydrogens is 501 g/mol. The Labute approximate surface area is 219 Å². The lowest BCUT2D eigenvalue weighted by molar-refractivity contribution is -0.126. The standard InChI is InChI=1S/C27H25Cl2N3O2S/c28-21-7-10-23(11-8-21)35-19-26(33)30-22-9-12-25(24(29)18-22)31-14-16-32(17-15-31)27(34)13-6-20-4-2-1-3-5-20/h1-13,18H,14-17,19H2,(H,30,33). The first-order valence-corrected chi connectivity index (χ1v) is 13.0. The Morgan fingerprint density at radius 1 is 0.914 bits per heavy atom. The van der Waals surface area contributed by atoms with Crippen molar-refractivity contribution < 1.29 is 9.59 Å². The number of piperazine rings is 1. The number of benzene rings is 3. The van der Waals surface area contributed by atoms with E-state index >= 15 is 0 Å². The molecule has 5 nitrogen and oxygen atoms in total. The van der Waals surface area contributed by atoms with Crippen LogP contribution in [0.5, 0.6) is 0 Å². The molecule has 1 heterocycles. The van der Waals surface area contributed by atoms with E-state index in [1.165, 1.54) is 11.8 Å². The van der Waals surface area contributed by atoms with Crippen LogP contribution in [0.15, 0.2) is 83.8 Å². The fraction of sp³-hybridized carbons (Fsp3) is 0.185. The Bertz CT molecular complexity index is 1190. The van der Waals surface area contributed by atoms with Crippen LogP contribution >= 0.6 is 35.0 Å². The Hall–Kier alpha value is -2.93. The average Bonchev–Trinajstić information content (AvgIpc) is 2.88. The third-order valence-corrected chi connectivity index (χ3v) is 7.13. The highest BCUT2D eigenvalue weighted by Crippen LogP contribution is 2.30. The Balaban J connectivity index is 1.27. The van der Waals surface area contributed by atoms with Gasteiger partial charge in [0.15, 0.2) is 0 Å². The van der Waals surface area contributed by atoms with Gasteiger partial charge in [-0.25, -0.2) is 0 Å². The number of nitrogens with one attached hydrogen (secondary N) is 1. The van der Waals surface area contributed by atoms with Gasteiger partial charge in [-0.1, -0.05) is 53.5 Å². The van der Waals surface area contributed by atoms with E-state index in [1.807, 2.05) is 65.6 Å². The van der Waals surface area contributed by atoms with Crippen LogP contribution in [0.4, 0.5) is 11.4 Å². The van der Waals surface area contributed by atoms with E-state index < -0.39 is 0 Å². The molecule has 4 rings (SSSR count). The predicted molar refractivity (Wildman–Crippen MR) is 147 cm³/mol. The van der Waals surface area contributed by atoms with Gasteiger partial charge in [0.2, 0.25) is 11.8 Å². The molecule has 3 aromatic rings. The number of carbonyl (C=O) groups excluding carboxylic acids is 2. The molecule has 0 radical (unpaired) electrons. The van der Waals surface area contributed by atoms with Crippen LogP contribution in [0.1, 0.15) is 5.56 Å². The van der Waals surface area contributed by atoms with E-state index in [2.05, 4.69) is 10.2 Å². The smallest absolute Gasteiger partial charge is 0.246 e. The molecule has 2 amide bonds. The number of amides is 2. The van der Waals surface area contributed by atoms with E-state index in [9.17, 15) is 9.59 Å². The molecular formula is C27H25Cl2N3O2S. The lowest BCUT2D eigenvalue weighted by Gasteiger charge is -2.36. The van der Waals surface area contributed by atoms with Crippen molar-refractivity contribution >= 4 is 64.2 Å². The average molecular weight is 526 g/mol. The molecule has 1 N–H and O–H groups in total. The van der Waals surface area contributed by atoms with Gasteiger partial charge in [-0.3, -0.25) is 9.59 Å². The summed E-state index contributed by atoms with van der Waals surface area (Å²) in [6.07, 6.45) is 3.47. The molecule has 180 valence electrons. The molecule has 0 saturated carbocycles. The Morgan fingerprint density at radius 3 is 2.31 bits per heavy atom. The summed E-state index contributed by atoms with van der Waals surface area (Å²) < 4.78 is 0. The molecule has 0 spiro atoms. The summed E-state index contributed by atoms with van der Waals surface area (Å²) in [6.45, 7) is 2.62. The summed E-state index contributed by atoms with van der Waals surface area (Å²) in [5.41, 5.74) is 2.55. The van der Waals surface area contributed by atoms with Crippen molar-refractivity contribution in [2.24, 2.45) is 0 Å². The van der Waals surface area contributed by atoms with Crippen LogP contribution in [0, 0.1) is 0 Å². The summed E-state index contributed by atoms with van der Waals surface area (Å²) >= 11 is 13.9. The first-order valence-electron chi connectivity index (χ1n) is 11.2.